The molecule has 1 aliphatic rings. The molecule has 2 heterocycles. The van der Waals surface area contributed by atoms with Crippen LogP contribution >= 0.6 is 0 Å². The number of hydrogen-bond acceptors (Lipinski definition) is 3. The number of carbonyl (C=O) groups excluding carboxylic acids is 1. The van der Waals surface area contributed by atoms with Gasteiger partial charge in [0.05, 0.1) is 18.4 Å². The number of anilines is 1. The summed E-state index contributed by atoms with van der Waals surface area (Å²) in [6.45, 7) is 0.584. The Morgan fingerprint density at radius 1 is 1.39 bits per heavy atom. The molecule has 92 valence electrons. The number of aromatic nitrogens is 2. The van der Waals surface area contributed by atoms with E-state index >= 15 is 0 Å². The molecule has 0 bridgehead atoms. The molecular formula is C13H14N4O. The van der Waals surface area contributed by atoms with Gasteiger partial charge in [-0.15, -0.1) is 0 Å². The fraction of sp³-hybridized carbons (Fsp3) is 0.231. The summed E-state index contributed by atoms with van der Waals surface area (Å²) in [5.41, 5.74) is 10.5. The van der Waals surface area contributed by atoms with E-state index < -0.39 is 0 Å². The van der Waals surface area contributed by atoms with Gasteiger partial charge in [0.2, 0.25) is 5.91 Å². The van der Waals surface area contributed by atoms with Crippen molar-refractivity contribution in [3.05, 3.63) is 35.8 Å². The average Bonchev–Trinajstić information content (AvgIpc) is 2.93. The summed E-state index contributed by atoms with van der Waals surface area (Å²) in [6, 6.07) is 5.92. The van der Waals surface area contributed by atoms with Crippen LogP contribution in [0.4, 0.5) is 5.69 Å². The first-order valence-electron chi connectivity index (χ1n) is 5.93. The average molecular weight is 242 g/mol. The lowest BCUT2D eigenvalue weighted by atomic mass is 10.0. The van der Waals surface area contributed by atoms with Gasteiger partial charge in [0.25, 0.3) is 0 Å². The number of carbonyl (C=O) groups is 1. The Kier molecular flexibility index (Phi) is 2.60. The second-order valence-corrected chi connectivity index (χ2v) is 4.37. The minimum atomic E-state index is 0.0476. The van der Waals surface area contributed by atoms with E-state index in [4.69, 9.17) is 5.73 Å². The molecule has 0 saturated carbocycles. The monoisotopic (exact) mass is 242 g/mol. The number of nitrogens with two attached hydrogens (primary N) is 1. The lowest BCUT2D eigenvalue weighted by molar-refractivity contribution is -0.115. The van der Waals surface area contributed by atoms with Gasteiger partial charge in [-0.05, 0) is 24.2 Å². The third kappa shape index (κ3) is 1.78. The summed E-state index contributed by atoms with van der Waals surface area (Å²) in [6.07, 6.45) is 2.89. The van der Waals surface area contributed by atoms with Crippen molar-refractivity contribution in [3.63, 3.8) is 0 Å². The van der Waals surface area contributed by atoms with Crippen LogP contribution in [0.15, 0.2) is 24.5 Å². The van der Waals surface area contributed by atoms with Crippen molar-refractivity contribution in [1.29, 1.82) is 0 Å². The molecule has 0 unspecified atom stereocenters. The molecule has 1 aliphatic heterocycles. The second-order valence-electron chi connectivity index (χ2n) is 4.37. The highest BCUT2D eigenvalue weighted by atomic mass is 16.1. The molecule has 3 rings (SSSR count). The Balaban J connectivity index is 2.00. The standard InChI is InChI=1S/C13H14N4O/c14-4-3-11-13(16-7-15-11)8-1-2-10-9(5-8)6-12(18)17-10/h1-2,5,7H,3-4,6,14H2,(H,15,16)(H,17,18). The van der Waals surface area contributed by atoms with Gasteiger partial charge in [-0.1, -0.05) is 6.07 Å². The van der Waals surface area contributed by atoms with E-state index in [0.29, 0.717) is 13.0 Å². The van der Waals surface area contributed by atoms with Crippen LogP contribution in [-0.4, -0.2) is 22.4 Å². The van der Waals surface area contributed by atoms with E-state index in [-0.39, 0.29) is 5.91 Å². The van der Waals surface area contributed by atoms with E-state index in [1.54, 1.807) is 6.33 Å². The van der Waals surface area contributed by atoms with Gasteiger partial charge in [-0.2, -0.15) is 0 Å². The van der Waals surface area contributed by atoms with Crippen molar-refractivity contribution in [2.75, 3.05) is 11.9 Å². The molecule has 1 aromatic heterocycles. The van der Waals surface area contributed by atoms with Crippen LogP contribution in [0.25, 0.3) is 11.3 Å². The maximum absolute atomic E-state index is 11.3. The summed E-state index contributed by atoms with van der Waals surface area (Å²) in [4.78, 5) is 18.8. The third-order valence-electron chi connectivity index (χ3n) is 3.12. The van der Waals surface area contributed by atoms with Crippen molar-refractivity contribution in [2.45, 2.75) is 12.8 Å². The smallest absolute Gasteiger partial charge is 0.228 e. The molecule has 0 fully saturated rings. The van der Waals surface area contributed by atoms with Crippen molar-refractivity contribution < 1.29 is 4.79 Å². The van der Waals surface area contributed by atoms with Crippen LogP contribution in [0, 0.1) is 0 Å². The zero-order valence-electron chi connectivity index (χ0n) is 9.86. The van der Waals surface area contributed by atoms with Crippen molar-refractivity contribution in [1.82, 2.24) is 9.97 Å². The zero-order chi connectivity index (χ0) is 12.5. The van der Waals surface area contributed by atoms with Crippen LogP contribution < -0.4 is 11.1 Å². The van der Waals surface area contributed by atoms with E-state index in [9.17, 15) is 4.79 Å². The predicted molar refractivity (Wildman–Crippen MR) is 69.1 cm³/mol. The number of benzene rings is 1. The Morgan fingerprint density at radius 2 is 2.28 bits per heavy atom. The lowest BCUT2D eigenvalue weighted by Gasteiger charge is -2.04. The van der Waals surface area contributed by atoms with Gasteiger partial charge in [0.15, 0.2) is 0 Å². The summed E-state index contributed by atoms with van der Waals surface area (Å²) in [5.74, 6) is 0.0476. The Bertz CT molecular complexity index is 603. The summed E-state index contributed by atoms with van der Waals surface area (Å²) in [7, 11) is 0. The van der Waals surface area contributed by atoms with Crippen LogP contribution in [0.2, 0.25) is 0 Å². The molecule has 1 amide bonds. The first-order chi connectivity index (χ1) is 8.78. The van der Waals surface area contributed by atoms with Crippen molar-refractivity contribution in [2.24, 2.45) is 5.73 Å². The number of fused-ring (bicyclic) bond motifs is 1. The number of H-pyrrole nitrogens is 1. The number of nitrogens with zero attached hydrogens (tertiary/aromatic N) is 1. The highest BCUT2D eigenvalue weighted by molar-refractivity contribution is 5.99. The first kappa shape index (κ1) is 11.0. The lowest BCUT2D eigenvalue weighted by Crippen LogP contribution is -2.04. The first-order valence-corrected chi connectivity index (χ1v) is 5.93. The zero-order valence-corrected chi connectivity index (χ0v) is 9.86. The van der Waals surface area contributed by atoms with Gasteiger partial charge in [-0.25, -0.2) is 4.98 Å². The van der Waals surface area contributed by atoms with E-state index in [1.165, 1.54) is 0 Å². The molecular weight excluding hydrogens is 228 g/mol. The van der Waals surface area contributed by atoms with Crippen molar-refractivity contribution >= 4 is 11.6 Å². The number of aromatic amines is 1. The third-order valence-corrected chi connectivity index (χ3v) is 3.12. The van der Waals surface area contributed by atoms with Gasteiger partial charge in [0.1, 0.15) is 0 Å². The minimum absolute atomic E-state index is 0.0476. The number of rotatable bonds is 3. The molecule has 4 N–H and O–H groups in total. The summed E-state index contributed by atoms with van der Waals surface area (Å²) >= 11 is 0. The highest BCUT2D eigenvalue weighted by Gasteiger charge is 2.18. The molecule has 5 nitrogen and oxygen atoms in total. The minimum Gasteiger partial charge on any atom is -0.348 e. The molecule has 0 spiro atoms. The van der Waals surface area contributed by atoms with Crippen molar-refractivity contribution in [3.8, 4) is 11.3 Å². The Hall–Kier alpha value is -2.14. The second kappa shape index (κ2) is 4.27. The van der Waals surface area contributed by atoms with Gasteiger partial charge in [-0.3, -0.25) is 4.79 Å². The molecule has 0 saturated heterocycles. The van der Waals surface area contributed by atoms with Gasteiger partial charge < -0.3 is 16.0 Å². The summed E-state index contributed by atoms with van der Waals surface area (Å²) in [5, 5.41) is 2.82. The SMILES string of the molecule is NCCc1[nH]cnc1-c1ccc2c(c1)CC(=O)N2. The van der Waals surface area contributed by atoms with Gasteiger partial charge >= 0.3 is 0 Å². The number of hydrogen-bond donors (Lipinski definition) is 3. The van der Waals surface area contributed by atoms with Crippen LogP contribution in [-0.2, 0) is 17.6 Å². The molecule has 5 heteroatoms. The number of nitrogens with one attached hydrogen (secondary N) is 2. The Morgan fingerprint density at radius 3 is 3.11 bits per heavy atom. The fourth-order valence-electron chi connectivity index (χ4n) is 2.28. The Labute approximate surface area is 104 Å². The molecule has 1 aromatic carbocycles. The van der Waals surface area contributed by atoms with E-state index in [2.05, 4.69) is 15.3 Å². The molecule has 0 radical (unpaired) electrons. The van der Waals surface area contributed by atoms with Crippen LogP contribution in [0.5, 0.6) is 0 Å². The maximum atomic E-state index is 11.3. The number of imidazole rings is 1. The van der Waals surface area contributed by atoms with E-state index in [0.717, 1.165) is 34.6 Å². The number of amides is 1. The normalized spacial score (nSPS) is 13.5. The topological polar surface area (TPSA) is 83.8 Å². The fourth-order valence-corrected chi connectivity index (χ4v) is 2.28. The summed E-state index contributed by atoms with van der Waals surface area (Å²) < 4.78 is 0. The molecule has 0 atom stereocenters. The van der Waals surface area contributed by atoms with Crippen LogP contribution in [0.3, 0.4) is 0 Å². The van der Waals surface area contributed by atoms with E-state index in [1.807, 2.05) is 18.2 Å². The largest absolute Gasteiger partial charge is 0.348 e. The highest BCUT2D eigenvalue weighted by Crippen LogP contribution is 2.29. The molecule has 2 aromatic rings. The quantitative estimate of drug-likeness (QED) is 0.752. The van der Waals surface area contributed by atoms with Crippen LogP contribution in [0.1, 0.15) is 11.3 Å². The predicted octanol–water partition coefficient (Wildman–Crippen LogP) is 1.07. The molecule has 0 aliphatic carbocycles. The molecule has 18 heavy (non-hydrogen) atoms. The van der Waals surface area contributed by atoms with Gasteiger partial charge in [0, 0.05) is 23.4 Å². The maximum Gasteiger partial charge on any atom is 0.228 e.